The Labute approximate surface area is 110 Å². The van der Waals surface area contributed by atoms with Crippen molar-refractivity contribution in [1.82, 2.24) is 10.6 Å². The molecule has 0 aromatic carbocycles. The lowest BCUT2D eigenvalue weighted by atomic mass is 10.1. The highest BCUT2D eigenvalue weighted by Crippen LogP contribution is 2.19. The van der Waals surface area contributed by atoms with E-state index in [0.29, 0.717) is 0 Å². The Hall–Kier alpha value is -0.800. The van der Waals surface area contributed by atoms with Crippen molar-refractivity contribution in [2.45, 2.75) is 58.5 Å². The van der Waals surface area contributed by atoms with Gasteiger partial charge in [0, 0.05) is 6.04 Å². The molecule has 2 rings (SSSR count). The van der Waals surface area contributed by atoms with Crippen LogP contribution in [0.4, 0.5) is 0 Å². The minimum absolute atomic E-state index is 0.840. The molecule has 102 valence electrons. The number of hydrogen-bond acceptors (Lipinski definition) is 3. The van der Waals surface area contributed by atoms with Gasteiger partial charge in [0.2, 0.25) is 0 Å². The molecule has 0 unspecified atom stereocenters. The van der Waals surface area contributed by atoms with Crippen molar-refractivity contribution in [3.8, 4) is 0 Å². The molecule has 3 heteroatoms. The Morgan fingerprint density at radius 2 is 2.17 bits per heavy atom. The van der Waals surface area contributed by atoms with Crippen LogP contribution in [0, 0.1) is 6.92 Å². The molecule has 1 heterocycles. The number of hydrogen-bond donors (Lipinski definition) is 2. The van der Waals surface area contributed by atoms with Gasteiger partial charge in [-0.3, -0.25) is 0 Å². The predicted octanol–water partition coefficient (Wildman–Crippen LogP) is 2.77. The van der Waals surface area contributed by atoms with Gasteiger partial charge in [0.1, 0.15) is 11.5 Å². The van der Waals surface area contributed by atoms with Gasteiger partial charge >= 0.3 is 0 Å². The zero-order valence-corrected chi connectivity index (χ0v) is 11.7. The third-order valence-corrected chi connectivity index (χ3v) is 3.50. The average molecular weight is 250 g/mol. The van der Waals surface area contributed by atoms with E-state index in [2.05, 4.69) is 30.5 Å². The number of rotatable bonds is 9. The summed E-state index contributed by atoms with van der Waals surface area (Å²) in [5, 5.41) is 6.85. The second kappa shape index (κ2) is 6.95. The predicted molar refractivity (Wildman–Crippen MR) is 74.8 cm³/mol. The lowest BCUT2D eigenvalue weighted by Gasteiger charge is -2.02. The van der Waals surface area contributed by atoms with Crippen molar-refractivity contribution >= 4 is 0 Å². The maximum atomic E-state index is 5.74. The monoisotopic (exact) mass is 250 g/mol. The quantitative estimate of drug-likeness (QED) is 0.662. The third kappa shape index (κ3) is 4.46. The number of nitrogens with one attached hydrogen (secondary N) is 2. The second-order valence-corrected chi connectivity index (χ2v) is 5.26. The van der Waals surface area contributed by atoms with Crippen LogP contribution in [0.1, 0.15) is 49.7 Å². The minimum Gasteiger partial charge on any atom is -0.465 e. The molecule has 1 aromatic rings. The SMILES string of the molecule is CCNCc1cc(CCCCNC2CC2)c(C)o1. The normalized spacial score (nSPS) is 15.2. The maximum absolute atomic E-state index is 5.74. The van der Waals surface area contributed by atoms with E-state index in [1.54, 1.807) is 0 Å². The Balaban J connectivity index is 1.65. The Kier molecular flexibility index (Phi) is 5.26. The van der Waals surface area contributed by atoms with Crippen molar-refractivity contribution in [1.29, 1.82) is 0 Å². The fourth-order valence-corrected chi connectivity index (χ4v) is 2.21. The van der Waals surface area contributed by atoms with E-state index >= 15 is 0 Å². The highest BCUT2D eigenvalue weighted by molar-refractivity contribution is 5.20. The van der Waals surface area contributed by atoms with Crippen LogP contribution < -0.4 is 10.6 Å². The molecule has 3 nitrogen and oxygen atoms in total. The number of unbranched alkanes of at least 4 members (excludes halogenated alkanes) is 1. The first kappa shape index (κ1) is 13.6. The molecule has 0 saturated heterocycles. The van der Waals surface area contributed by atoms with E-state index in [-0.39, 0.29) is 0 Å². The maximum Gasteiger partial charge on any atom is 0.118 e. The van der Waals surface area contributed by atoms with Gasteiger partial charge in [0.15, 0.2) is 0 Å². The zero-order chi connectivity index (χ0) is 12.8. The second-order valence-electron chi connectivity index (χ2n) is 5.26. The van der Waals surface area contributed by atoms with Crippen LogP contribution in [0.2, 0.25) is 0 Å². The fourth-order valence-electron chi connectivity index (χ4n) is 2.21. The van der Waals surface area contributed by atoms with Gasteiger partial charge in [-0.25, -0.2) is 0 Å². The molecular formula is C15H26N2O. The Morgan fingerprint density at radius 1 is 1.33 bits per heavy atom. The molecule has 18 heavy (non-hydrogen) atoms. The molecule has 0 atom stereocenters. The first-order chi connectivity index (χ1) is 8.79. The molecule has 0 spiro atoms. The number of furan rings is 1. The van der Waals surface area contributed by atoms with Crippen molar-refractivity contribution in [3.63, 3.8) is 0 Å². The van der Waals surface area contributed by atoms with Crippen LogP contribution in [-0.4, -0.2) is 19.1 Å². The first-order valence-electron chi connectivity index (χ1n) is 7.32. The van der Waals surface area contributed by atoms with Crippen LogP contribution in [0.15, 0.2) is 10.5 Å². The molecule has 1 fully saturated rings. The van der Waals surface area contributed by atoms with Crippen LogP contribution in [0.5, 0.6) is 0 Å². The van der Waals surface area contributed by atoms with Gasteiger partial charge in [-0.1, -0.05) is 6.92 Å². The van der Waals surface area contributed by atoms with Crippen LogP contribution in [0.3, 0.4) is 0 Å². The van der Waals surface area contributed by atoms with Gasteiger partial charge < -0.3 is 15.1 Å². The molecule has 2 N–H and O–H groups in total. The third-order valence-electron chi connectivity index (χ3n) is 3.50. The summed E-state index contributed by atoms with van der Waals surface area (Å²) >= 11 is 0. The molecular weight excluding hydrogens is 224 g/mol. The fraction of sp³-hybridized carbons (Fsp3) is 0.733. The topological polar surface area (TPSA) is 37.2 Å². The highest BCUT2D eigenvalue weighted by Gasteiger charge is 2.19. The highest BCUT2D eigenvalue weighted by atomic mass is 16.3. The number of aryl methyl sites for hydroxylation is 2. The van der Waals surface area contributed by atoms with Gasteiger partial charge in [-0.05, 0) is 63.7 Å². The summed E-state index contributed by atoms with van der Waals surface area (Å²) < 4.78 is 5.74. The lowest BCUT2D eigenvalue weighted by molar-refractivity contribution is 0.462. The van der Waals surface area contributed by atoms with Crippen LogP contribution in [-0.2, 0) is 13.0 Å². The zero-order valence-electron chi connectivity index (χ0n) is 11.7. The van der Waals surface area contributed by atoms with Crippen LogP contribution in [0.25, 0.3) is 0 Å². The summed E-state index contributed by atoms with van der Waals surface area (Å²) in [7, 11) is 0. The first-order valence-corrected chi connectivity index (χ1v) is 7.32. The van der Waals surface area contributed by atoms with Gasteiger partial charge in [0.25, 0.3) is 0 Å². The van der Waals surface area contributed by atoms with Crippen LogP contribution >= 0.6 is 0 Å². The summed E-state index contributed by atoms with van der Waals surface area (Å²) in [6.45, 7) is 7.20. The molecule has 1 saturated carbocycles. The summed E-state index contributed by atoms with van der Waals surface area (Å²) in [5.41, 5.74) is 1.38. The van der Waals surface area contributed by atoms with E-state index < -0.39 is 0 Å². The van der Waals surface area contributed by atoms with Gasteiger partial charge in [-0.2, -0.15) is 0 Å². The summed E-state index contributed by atoms with van der Waals surface area (Å²) in [5.74, 6) is 2.17. The van der Waals surface area contributed by atoms with Gasteiger partial charge in [-0.15, -0.1) is 0 Å². The van der Waals surface area contributed by atoms with E-state index in [4.69, 9.17) is 4.42 Å². The molecule has 1 aliphatic rings. The smallest absolute Gasteiger partial charge is 0.118 e. The Morgan fingerprint density at radius 3 is 2.89 bits per heavy atom. The molecule has 0 amide bonds. The summed E-state index contributed by atoms with van der Waals surface area (Å²) in [6, 6.07) is 3.05. The van der Waals surface area contributed by atoms with E-state index in [1.807, 2.05) is 0 Å². The molecule has 1 aromatic heterocycles. The Bertz CT molecular complexity index is 355. The molecule has 0 aliphatic heterocycles. The minimum atomic E-state index is 0.840. The van der Waals surface area contributed by atoms with Crippen molar-refractivity contribution in [2.24, 2.45) is 0 Å². The molecule has 0 radical (unpaired) electrons. The van der Waals surface area contributed by atoms with E-state index in [9.17, 15) is 0 Å². The van der Waals surface area contributed by atoms with Crippen molar-refractivity contribution in [3.05, 3.63) is 23.2 Å². The van der Waals surface area contributed by atoms with Crippen molar-refractivity contribution in [2.75, 3.05) is 13.1 Å². The van der Waals surface area contributed by atoms with Crippen molar-refractivity contribution < 1.29 is 4.42 Å². The largest absolute Gasteiger partial charge is 0.465 e. The molecule has 0 bridgehead atoms. The van der Waals surface area contributed by atoms with Gasteiger partial charge in [0.05, 0.1) is 6.54 Å². The summed E-state index contributed by atoms with van der Waals surface area (Å²) in [4.78, 5) is 0. The standard InChI is InChI=1S/C15H26N2O/c1-3-16-11-15-10-13(12(2)18-15)6-4-5-9-17-14-7-8-14/h10,14,16-17H,3-9,11H2,1-2H3. The average Bonchev–Trinajstić information content (AvgIpc) is 3.11. The lowest BCUT2D eigenvalue weighted by Crippen LogP contribution is -2.17. The molecule has 1 aliphatic carbocycles. The van der Waals surface area contributed by atoms with E-state index in [0.717, 1.165) is 37.1 Å². The van der Waals surface area contributed by atoms with E-state index in [1.165, 1.54) is 37.8 Å². The summed E-state index contributed by atoms with van der Waals surface area (Å²) in [6.07, 6.45) is 6.43.